The Morgan fingerprint density at radius 3 is 2.90 bits per heavy atom. The number of carbonyl (C=O) groups excluding carboxylic acids is 1. The quantitative estimate of drug-likeness (QED) is 0.912. The number of benzene rings is 2. The van der Waals surface area contributed by atoms with Crippen LogP contribution in [0, 0.1) is 0 Å². The van der Waals surface area contributed by atoms with Crippen LogP contribution in [0.15, 0.2) is 42.5 Å². The van der Waals surface area contributed by atoms with E-state index in [0.717, 1.165) is 11.3 Å². The Hall–Kier alpha value is -2.20. The van der Waals surface area contributed by atoms with E-state index < -0.39 is 0 Å². The molecule has 0 radical (unpaired) electrons. The van der Waals surface area contributed by atoms with Gasteiger partial charge in [-0.3, -0.25) is 4.79 Å². The zero-order chi connectivity index (χ0) is 14.8. The molecule has 0 aliphatic carbocycles. The average Bonchev–Trinajstić information content (AvgIpc) is 2.91. The molecule has 1 amide bonds. The number of nitrogens with one attached hydrogen (secondary N) is 2. The molecule has 5 heteroatoms. The highest BCUT2D eigenvalue weighted by molar-refractivity contribution is 6.32. The van der Waals surface area contributed by atoms with Gasteiger partial charge in [-0.1, -0.05) is 29.8 Å². The molecular weight excluding hydrogens is 288 g/mol. The highest BCUT2D eigenvalue weighted by atomic mass is 35.5. The van der Waals surface area contributed by atoms with Crippen LogP contribution in [0.3, 0.4) is 0 Å². The number of hydrogen-bond donors (Lipinski definition) is 2. The van der Waals surface area contributed by atoms with Gasteiger partial charge < -0.3 is 15.4 Å². The fraction of sp³-hybridized carbons (Fsp3) is 0.188. The number of hydrogen-bond acceptors (Lipinski definition) is 3. The number of halogens is 1. The van der Waals surface area contributed by atoms with Crippen LogP contribution in [0.4, 0.5) is 11.4 Å². The predicted octanol–water partition coefficient (Wildman–Crippen LogP) is 3.50. The van der Waals surface area contributed by atoms with Crippen molar-refractivity contribution in [2.75, 3.05) is 24.3 Å². The molecule has 0 saturated carbocycles. The smallest absolute Gasteiger partial charge is 0.233 e. The number of amides is 1. The minimum absolute atomic E-state index is 0.0475. The van der Waals surface area contributed by atoms with Crippen LogP contribution in [-0.2, 0) is 4.79 Å². The summed E-state index contributed by atoms with van der Waals surface area (Å²) in [6.45, 7) is 0.606. The van der Waals surface area contributed by atoms with Gasteiger partial charge in [-0.05, 0) is 29.8 Å². The van der Waals surface area contributed by atoms with Gasteiger partial charge in [-0.2, -0.15) is 0 Å². The van der Waals surface area contributed by atoms with Crippen molar-refractivity contribution in [2.45, 2.75) is 5.92 Å². The van der Waals surface area contributed by atoms with Crippen molar-refractivity contribution >= 4 is 28.9 Å². The molecule has 1 heterocycles. The summed E-state index contributed by atoms with van der Waals surface area (Å²) in [4.78, 5) is 12.4. The van der Waals surface area contributed by atoms with Crippen LogP contribution in [0.2, 0.25) is 5.02 Å². The molecule has 1 unspecified atom stereocenters. The first-order chi connectivity index (χ1) is 10.2. The summed E-state index contributed by atoms with van der Waals surface area (Å²) in [5.41, 5.74) is 2.70. The lowest BCUT2D eigenvalue weighted by atomic mass is 10.0. The number of fused-ring (bicyclic) bond motifs is 1. The zero-order valence-electron chi connectivity index (χ0n) is 11.5. The molecule has 108 valence electrons. The number of methoxy groups -OCH3 is 1. The lowest BCUT2D eigenvalue weighted by Crippen LogP contribution is -2.22. The van der Waals surface area contributed by atoms with E-state index in [2.05, 4.69) is 10.6 Å². The topological polar surface area (TPSA) is 50.4 Å². The van der Waals surface area contributed by atoms with Crippen molar-refractivity contribution in [3.63, 3.8) is 0 Å². The standard InChI is InChI=1S/C16H15ClN2O2/c1-21-15-7-6-10(8-13(15)17)19-16(20)12-9-18-14-5-3-2-4-11(12)14/h2-8,12,18H,9H2,1H3,(H,19,20). The molecule has 2 N–H and O–H groups in total. The third-order valence-corrected chi connectivity index (χ3v) is 3.86. The maximum atomic E-state index is 12.4. The van der Waals surface area contributed by atoms with E-state index in [1.54, 1.807) is 25.3 Å². The number of para-hydroxylation sites is 1. The van der Waals surface area contributed by atoms with Crippen molar-refractivity contribution in [1.29, 1.82) is 0 Å². The Morgan fingerprint density at radius 1 is 1.33 bits per heavy atom. The van der Waals surface area contributed by atoms with Crippen molar-refractivity contribution < 1.29 is 9.53 Å². The Balaban J connectivity index is 1.77. The average molecular weight is 303 g/mol. The van der Waals surface area contributed by atoms with Crippen LogP contribution in [-0.4, -0.2) is 19.6 Å². The van der Waals surface area contributed by atoms with Gasteiger partial charge in [-0.25, -0.2) is 0 Å². The lowest BCUT2D eigenvalue weighted by Gasteiger charge is -2.12. The van der Waals surface area contributed by atoms with E-state index >= 15 is 0 Å². The minimum Gasteiger partial charge on any atom is -0.495 e. The van der Waals surface area contributed by atoms with Crippen LogP contribution in [0.25, 0.3) is 0 Å². The van der Waals surface area contributed by atoms with Gasteiger partial charge in [-0.15, -0.1) is 0 Å². The molecule has 3 rings (SSSR count). The van der Waals surface area contributed by atoms with E-state index in [1.165, 1.54) is 0 Å². The summed E-state index contributed by atoms with van der Waals surface area (Å²) in [6.07, 6.45) is 0. The van der Waals surface area contributed by atoms with Gasteiger partial charge >= 0.3 is 0 Å². The molecule has 4 nitrogen and oxygen atoms in total. The second-order valence-corrected chi connectivity index (χ2v) is 5.27. The molecular formula is C16H15ClN2O2. The minimum atomic E-state index is -0.193. The van der Waals surface area contributed by atoms with Gasteiger partial charge in [0, 0.05) is 17.9 Å². The first-order valence-electron chi connectivity index (χ1n) is 6.66. The summed E-state index contributed by atoms with van der Waals surface area (Å²) in [7, 11) is 1.56. The molecule has 0 spiro atoms. The van der Waals surface area contributed by atoms with Gasteiger partial charge in [0.15, 0.2) is 0 Å². The second kappa shape index (κ2) is 5.66. The third kappa shape index (κ3) is 2.67. The fourth-order valence-electron chi connectivity index (χ4n) is 2.49. The summed E-state index contributed by atoms with van der Waals surface area (Å²) in [6, 6.07) is 13.0. The van der Waals surface area contributed by atoms with Gasteiger partial charge in [0.2, 0.25) is 5.91 Å². The molecule has 0 aromatic heterocycles. The van der Waals surface area contributed by atoms with E-state index in [1.807, 2.05) is 24.3 Å². The summed E-state index contributed by atoms with van der Waals surface area (Å²) < 4.78 is 5.10. The Kier molecular flexibility index (Phi) is 3.71. The number of ether oxygens (including phenoxy) is 1. The SMILES string of the molecule is COc1ccc(NC(=O)C2CNc3ccccc32)cc1Cl. The monoisotopic (exact) mass is 302 g/mol. The lowest BCUT2D eigenvalue weighted by molar-refractivity contribution is -0.117. The zero-order valence-corrected chi connectivity index (χ0v) is 12.3. The van der Waals surface area contributed by atoms with Crippen LogP contribution >= 0.6 is 11.6 Å². The highest BCUT2D eigenvalue weighted by Gasteiger charge is 2.28. The van der Waals surface area contributed by atoms with E-state index in [4.69, 9.17) is 16.3 Å². The van der Waals surface area contributed by atoms with Crippen molar-refractivity contribution in [3.05, 3.63) is 53.1 Å². The largest absolute Gasteiger partial charge is 0.495 e. The normalized spacial score (nSPS) is 16.0. The van der Waals surface area contributed by atoms with Gasteiger partial charge in [0.1, 0.15) is 5.75 Å². The van der Waals surface area contributed by atoms with Crippen LogP contribution < -0.4 is 15.4 Å². The second-order valence-electron chi connectivity index (χ2n) is 4.86. The summed E-state index contributed by atoms with van der Waals surface area (Å²) >= 11 is 6.07. The van der Waals surface area contributed by atoms with Crippen molar-refractivity contribution in [1.82, 2.24) is 0 Å². The first-order valence-corrected chi connectivity index (χ1v) is 7.04. The van der Waals surface area contributed by atoms with E-state index in [-0.39, 0.29) is 11.8 Å². The van der Waals surface area contributed by atoms with E-state index in [0.29, 0.717) is 23.0 Å². The van der Waals surface area contributed by atoms with Crippen LogP contribution in [0.5, 0.6) is 5.75 Å². The summed E-state index contributed by atoms with van der Waals surface area (Å²) in [5.74, 6) is 0.346. The molecule has 1 aliphatic rings. The van der Waals surface area contributed by atoms with Crippen molar-refractivity contribution in [3.8, 4) is 5.75 Å². The maximum Gasteiger partial charge on any atom is 0.233 e. The molecule has 0 fully saturated rings. The third-order valence-electron chi connectivity index (χ3n) is 3.57. The number of anilines is 2. The molecule has 2 aromatic rings. The van der Waals surface area contributed by atoms with Crippen molar-refractivity contribution in [2.24, 2.45) is 0 Å². The molecule has 1 atom stereocenters. The molecule has 1 aliphatic heterocycles. The first kappa shape index (κ1) is 13.8. The molecule has 2 aromatic carbocycles. The van der Waals surface area contributed by atoms with Gasteiger partial charge in [0.25, 0.3) is 0 Å². The Labute approximate surface area is 128 Å². The summed E-state index contributed by atoms with van der Waals surface area (Å²) in [5, 5.41) is 6.61. The fourth-order valence-corrected chi connectivity index (χ4v) is 2.75. The predicted molar refractivity (Wildman–Crippen MR) is 84.3 cm³/mol. The van der Waals surface area contributed by atoms with Crippen LogP contribution in [0.1, 0.15) is 11.5 Å². The number of carbonyl (C=O) groups is 1. The maximum absolute atomic E-state index is 12.4. The molecule has 0 saturated heterocycles. The molecule has 0 bridgehead atoms. The Morgan fingerprint density at radius 2 is 2.14 bits per heavy atom. The number of rotatable bonds is 3. The highest BCUT2D eigenvalue weighted by Crippen LogP contribution is 2.32. The Bertz CT molecular complexity index is 688. The van der Waals surface area contributed by atoms with E-state index in [9.17, 15) is 4.79 Å². The molecule has 21 heavy (non-hydrogen) atoms. The van der Waals surface area contributed by atoms with Gasteiger partial charge in [0.05, 0.1) is 18.1 Å².